The summed E-state index contributed by atoms with van der Waals surface area (Å²) < 4.78 is 53.4. The fraction of sp³-hybridized carbons (Fsp3) is 0.600. The second-order valence-electron chi connectivity index (χ2n) is 4.87. The van der Waals surface area contributed by atoms with E-state index in [-0.39, 0.29) is 5.30 Å². The highest BCUT2D eigenvalue weighted by Crippen LogP contribution is 2.38. The molecular formula is C15H21F4P. The Hall–Kier alpha value is -0.630. The molecule has 0 bridgehead atoms. The van der Waals surface area contributed by atoms with Gasteiger partial charge in [-0.2, -0.15) is 0 Å². The second-order valence-corrected chi connectivity index (χ2v) is 7.32. The quantitative estimate of drug-likeness (QED) is 0.200. The van der Waals surface area contributed by atoms with Crippen LogP contribution in [0.4, 0.5) is 17.6 Å². The molecule has 0 fully saturated rings. The van der Waals surface area contributed by atoms with E-state index in [0.29, 0.717) is 6.16 Å². The summed E-state index contributed by atoms with van der Waals surface area (Å²) >= 11 is 0. The van der Waals surface area contributed by atoms with Crippen molar-refractivity contribution in [2.24, 2.45) is 0 Å². The number of hydrogen-bond donors (Lipinski definition) is 0. The smallest absolute Gasteiger partial charge is 0.198 e. The first kappa shape index (κ1) is 17.4. The average molecular weight is 308 g/mol. The Morgan fingerprint density at radius 2 is 1.50 bits per heavy atom. The van der Waals surface area contributed by atoms with E-state index >= 15 is 0 Å². The Kier molecular flexibility index (Phi) is 7.50. The van der Waals surface area contributed by atoms with Crippen molar-refractivity contribution in [1.29, 1.82) is 0 Å². The molecule has 0 saturated heterocycles. The van der Waals surface area contributed by atoms with Crippen LogP contribution in [0.1, 0.15) is 46.0 Å². The van der Waals surface area contributed by atoms with Crippen molar-refractivity contribution in [2.45, 2.75) is 46.0 Å². The largest absolute Gasteiger partial charge is 0.204 e. The first-order valence-electron chi connectivity index (χ1n) is 7.10. The molecule has 1 aromatic carbocycles. The van der Waals surface area contributed by atoms with E-state index in [1.54, 1.807) is 0 Å². The van der Waals surface area contributed by atoms with Gasteiger partial charge in [-0.25, -0.2) is 17.6 Å². The van der Waals surface area contributed by atoms with Gasteiger partial charge < -0.3 is 0 Å². The topological polar surface area (TPSA) is 0 Å². The van der Waals surface area contributed by atoms with Gasteiger partial charge in [0.25, 0.3) is 0 Å². The predicted octanol–water partition coefficient (Wildman–Crippen LogP) is 5.34. The summed E-state index contributed by atoms with van der Waals surface area (Å²) in [6, 6.07) is 0.842. The highest BCUT2D eigenvalue weighted by Gasteiger charge is 2.23. The lowest BCUT2D eigenvalue weighted by Crippen LogP contribution is -2.16. The molecule has 0 aliphatic heterocycles. The SMILES string of the molecule is CCCCCCP(CCC)c1cc(F)c(F)c(F)c1F. The van der Waals surface area contributed by atoms with E-state index < -0.39 is 31.2 Å². The molecular weight excluding hydrogens is 287 g/mol. The molecule has 114 valence electrons. The van der Waals surface area contributed by atoms with Crippen molar-refractivity contribution in [1.82, 2.24) is 0 Å². The third-order valence-corrected chi connectivity index (χ3v) is 6.05. The Morgan fingerprint density at radius 3 is 2.10 bits per heavy atom. The van der Waals surface area contributed by atoms with E-state index in [1.807, 2.05) is 6.92 Å². The van der Waals surface area contributed by atoms with Crippen LogP contribution in [0.25, 0.3) is 0 Å². The average Bonchev–Trinajstić information content (AvgIpc) is 2.44. The molecule has 1 aromatic rings. The normalized spacial score (nSPS) is 12.7. The van der Waals surface area contributed by atoms with Crippen LogP contribution in [-0.2, 0) is 0 Å². The molecule has 1 rings (SSSR count). The van der Waals surface area contributed by atoms with Crippen LogP contribution < -0.4 is 5.30 Å². The maximum Gasteiger partial charge on any atom is 0.198 e. The van der Waals surface area contributed by atoms with Crippen molar-refractivity contribution in [3.8, 4) is 0 Å². The molecule has 0 saturated carbocycles. The summed E-state index contributed by atoms with van der Waals surface area (Å²) in [5.74, 6) is -5.91. The zero-order valence-corrected chi connectivity index (χ0v) is 12.9. The van der Waals surface area contributed by atoms with E-state index in [1.165, 1.54) is 0 Å². The zero-order chi connectivity index (χ0) is 15.1. The van der Waals surface area contributed by atoms with Crippen LogP contribution in [0.3, 0.4) is 0 Å². The van der Waals surface area contributed by atoms with Crippen LogP contribution >= 0.6 is 7.92 Å². The highest BCUT2D eigenvalue weighted by atomic mass is 31.1. The minimum Gasteiger partial charge on any atom is -0.204 e. The maximum absolute atomic E-state index is 13.8. The summed E-state index contributed by atoms with van der Waals surface area (Å²) in [5.41, 5.74) is 0. The molecule has 0 aliphatic carbocycles. The maximum atomic E-state index is 13.8. The first-order valence-corrected chi connectivity index (χ1v) is 8.82. The van der Waals surface area contributed by atoms with Gasteiger partial charge in [-0.05, 0) is 24.8 Å². The summed E-state index contributed by atoms with van der Waals surface area (Å²) in [4.78, 5) is 0. The lowest BCUT2D eigenvalue weighted by Gasteiger charge is -2.18. The number of rotatable bonds is 8. The highest BCUT2D eigenvalue weighted by molar-refractivity contribution is 7.65. The van der Waals surface area contributed by atoms with Crippen molar-refractivity contribution in [2.75, 3.05) is 12.3 Å². The van der Waals surface area contributed by atoms with Crippen LogP contribution in [0, 0.1) is 23.3 Å². The zero-order valence-electron chi connectivity index (χ0n) is 12.0. The van der Waals surface area contributed by atoms with Crippen LogP contribution in [0.2, 0.25) is 0 Å². The Balaban J connectivity index is 2.91. The van der Waals surface area contributed by atoms with E-state index in [2.05, 4.69) is 6.92 Å². The molecule has 0 heterocycles. The predicted molar refractivity (Wildman–Crippen MR) is 77.0 cm³/mol. The first-order chi connectivity index (χ1) is 9.52. The minimum absolute atomic E-state index is 0.0368. The molecule has 5 heteroatoms. The summed E-state index contributed by atoms with van der Waals surface area (Å²) in [7, 11) is -0.960. The summed E-state index contributed by atoms with van der Waals surface area (Å²) in [6.07, 6.45) is 6.42. The fourth-order valence-corrected chi connectivity index (χ4v) is 4.66. The molecule has 0 nitrogen and oxygen atoms in total. The molecule has 1 unspecified atom stereocenters. The van der Waals surface area contributed by atoms with Gasteiger partial charge in [0.05, 0.1) is 0 Å². The number of halogens is 4. The van der Waals surface area contributed by atoms with Crippen LogP contribution in [0.5, 0.6) is 0 Å². The van der Waals surface area contributed by atoms with Gasteiger partial charge in [0.15, 0.2) is 23.3 Å². The van der Waals surface area contributed by atoms with Gasteiger partial charge in [0, 0.05) is 5.30 Å². The molecule has 1 atom stereocenters. The molecule has 0 N–H and O–H groups in total. The van der Waals surface area contributed by atoms with Gasteiger partial charge in [0.2, 0.25) is 0 Å². The second kappa shape index (κ2) is 8.61. The van der Waals surface area contributed by atoms with Crippen molar-refractivity contribution < 1.29 is 17.6 Å². The molecule has 0 aromatic heterocycles. The van der Waals surface area contributed by atoms with E-state index in [4.69, 9.17) is 0 Å². The van der Waals surface area contributed by atoms with Gasteiger partial charge in [-0.3, -0.25) is 0 Å². The Bertz CT molecular complexity index is 434. The number of benzene rings is 1. The summed E-state index contributed by atoms with van der Waals surface area (Å²) in [5, 5.41) is 0.0368. The fourth-order valence-electron chi connectivity index (χ4n) is 2.14. The van der Waals surface area contributed by atoms with Crippen LogP contribution in [0.15, 0.2) is 6.07 Å². The van der Waals surface area contributed by atoms with Crippen molar-refractivity contribution in [3.05, 3.63) is 29.3 Å². The molecule has 0 spiro atoms. The van der Waals surface area contributed by atoms with Gasteiger partial charge in [0.1, 0.15) is 0 Å². The number of unbranched alkanes of at least 4 members (excludes halogenated alkanes) is 3. The monoisotopic (exact) mass is 308 g/mol. The lowest BCUT2D eigenvalue weighted by molar-refractivity contribution is 0.412. The summed E-state index contributed by atoms with van der Waals surface area (Å²) in [6.45, 7) is 4.05. The molecule has 0 radical (unpaired) electrons. The standard InChI is InChI=1S/C15H21F4P/c1-3-5-6-7-9-20(8-4-2)12-10-11(16)13(17)15(19)14(12)18/h10H,3-9H2,1-2H3. The van der Waals surface area contributed by atoms with Gasteiger partial charge in [-0.15, -0.1) is 0 Å². The van der Waals surface area contributed by atoms with Crippen molar-refractivity contribution >= 4 is 13.2 Å². The lowest BCUT2D eigenvalue weighted by atomic mass is 10.2. The van der Waals surface area contributed by atoms with Gasteiger partial charge in [-0.1, -0.05) is 47.5 Å². The molecule has 0 aliphatic rings. The van der Waals surface area contributed by atoms with Crippen LogP contribution in [-0.4, -0.2) is 12.3 Å². The van der Waals surface area contributed by atoms with Crippen molar-refractivity contribution in [3.63, 3.8) is 0 Å². The molecule has 20 heavy (non-hydrogen) atoms. The third kappa shape index (κ3) is 4.44. The minimum atomic E-state index is -1.72. The Labute approximate surface area is 119 Å². The number of hydrogen-bond acceptors (Lipinski definition) is 0. The molecule has 0 amide bonds. The Morgan fingerprint density at radius 1 is 0.800 bits per heavy atom. The van der Waals surface area contributed by atoms with E-state index in [0.717, 1.165) is 44.3 Å². The van der Waals surface area contributed by atoms with E-state index in [9.17, 15) is 17.6 Å². The third-order valence-electron chi connectivity index (χ3n) is 3.20. The van der Waals surface area contributed by atoms with Gasteiger partial charge >= 0.3 is 0 Å².